The van der Waals surface area contributed by atoms with Gasteiger partial charge in [-0.15, -0.1) is 0 Å². The van der Waals surface area contributed by atoms with Crippen LogP contribution in [0.25, 0.3) is 38.9 Å². The zero-order valence-corrected chi connectivity index (χ0v) is 20.7. The van der Waals surface area contributed by atoms with Gasteiger partial charge in [-0.1, -0.05) is 6.08 Å². The molecule has 1 aliphatic heterocycles. The first-order valence-electron chi connectivity index (χ1n) is 12.6. The van der Waals surface area contributed by atoms with Crippen LogP contribution in [0.1, 0.15) is 24.2 Å². The summed E-state index contributed by atoms with van der Waals surface area (Å²) in [5.74, 6) is -0.356. The molecular weight excluding hydrogens is 488 g/mol. The van der Waals surface area contributed by atoms with Crippen molar-refractivity contribution in [3.63, 3.8) is 0 Å². The number of H-pyrrole nitrogens is 1. The second-order valence-corrected chi connectivity index (χ2v) is 10.1. The van der Waals surface area contributed by atoms with Crippen LogP contribution in [0.4, 0.5) is 8.78 Å². The quantitative estimate of drug-likeness (QED) is 0.311. The number of benzene rings is 2. The minimum atomic E-state index is -2.53. The minimum Gasteiger partial charge on any atom is -0.457 e. The zero-order chi connectivity index (χ0) is 25.9. The monoisotopic (exact) mass is 513 g/mol. The summed E-state index contributed by atoms with van der Waals surface area (Å²) in [4.78, 5) is 17.4. The fourth-order valence-corrected chi connectivity index (χ4v) is 5.34. The Kier molecular flexibility index (Phi) is 5.26. The van der Waals surface area contributed by atoms with Gasteiger partial charge in [0, 0.05) is 55.9 Å². The fourth-order valence-electron chi connectivity index (χ4n) is 5.34. The Morgan fingerprint density at radius 3 is 2.79 bits per heavy atom. The number of alkyl halides is 2. The maximum absolute atomic E-state index is 13.2. The van der Waals surface area contributed by atoms with Gasteiger partial charge in [-0.2, -0.15) is 5.10 Å². The number of aromatic amines is 1. The van der Waals surface area contributed by atoms with E-state index >= 15 is 0 Å². The number of aryl methyl sites for hydroxylation is 1. The summed E-state index contributed by atoms with van der Waals surface area (Å²) in [6, 6.07) is 9.63. The third kappa shape index (κ3) is 4.20. The number of rotatable bonds is 6. The Morgan fingerprint density at radius 1 is 1.11 bits per heavy atom. The zero-order valence-electron chi connectivity index (χ0n) is 20.7. The molecule has 3 aromatic heterocycles. The van der Waals surface area contributed by atoms with E-state index in [9.17, 15) is 8.78 Å². The molecule has 0 radical (unpaired) electrons. The molecule has 0 unspecified atom stereocenters. The lowest BCUT2D eigenvalue weighted by Gasteiger charge is -2.34. The Labute approximate surface area is 216 Å². The molecule has 7 rings (SSSR count). The third-order valence-corrected chi connectivity index (χ3v) is 7.15. The first-order chi connectivity index (χ1) is 18.4. The van der Waals surface area contributed by atoms with Crippen LogP contribution in [-0.4, -0.2) is 48.7 Å². The van der Waals surface area contributed by atoms with E-state index in [0.717, 1.165) is 51.1 Å². The maximum atomic E-state index is 13.2. The van der Waals surface area contributed by atoms with Crippen LogP contribution in [0.3, 0.4) is 0 Å². The molecule has 192 valence electrons. The van der Waals surface area contributed by atoms with E-state index in [1.807, 2.05) is 43.5 Å². The molecule has 2 aromatic carbocycles. The molecular formula is C28H25F2N7O. The van der Waals surface area contributed by atoms with Gasteiger partial charge in [0.05, 0.1) is 34.6 Å². The molecule has 0 saturated heterocycles. The van der Waals surface area contributed by atoms with Gasteiger partial charge in [-0.05, 0) is 42.7 Å². The molecule has 0 atom stereocenters. The number of nitrogens with zero attached hydrogens (tertiary/aromatic N) is 5. The summed E-state index contributed by atoms with van der Waals surface area (Å²) >= 11 is 0. The minimum absolute atomic E-state index is 0.0570. The maximum Gasteiger partial charge on any atom is 0.248 e. The van der Waals surface area contributed by atoms with Gasteiger partial charge in [-0.3, -0.25) is 9.67 Å². The smallest absolute Gasteiger partial charge is 0.248 e. The lowest BCUT2D eigenvalue weighted by molar-refractivity contribution is -0.114. The lowest BCUT2D eigenvalue weighted by atomic mass is 9.81. The van der Waals surface area contributed by atoms with E-state index in [1.165, 1.54) is 0 Å². The highest BCUT2D eigenvalue weighted by Crippen LogP contribution is 2.43. The highest BCUT2D eigenvalue weighted by molar-refractivity contribution is 5.94. The van der Waals surface area contributed by atoms with E-state index in [1.54, 1.807) is 17.1 Å². The van der Waals surface area contributed by atoms with E-state index in [2.05, 4.69) is 31.4 Å². The Hall–Kier alpha value is -4.18. The van der Waals surface area contributed by atoms with E-state index in [-0.39, 0.29) is 18.8 Å². The molecule has 1 aliphatic carbocycles. The van der Waals surface area contributed by atoms with Crippen LogP contribution < -0.4 is 10.1 Å². The Morgan fingerprint density at radius 2 is 1.97 bits per heavy atom. The number of hydrogen-bond donors (Lipinski definition) is 2. The summed E-state index contributed by atoms with van der Waals surface area (Å²) in [7, 11) is 0. The molecule has 0 amide bonds. The fraction of sp³-hybridized carbons (Fsp3) is 0.286. The van der Waals surface area contributed by atoms with Crippen LogP contribution in [0.5, 0.6) is 11.5 Å². The molecule has 1 saturated carbocycles. The van der Waals surface area contributed by atoms with Crippen LogP contribution in [0.15, 0.2) is 55.0 Å². The SMILES string of the molecule is Cc1nc2ccc(Oc3ccc4ncc(-c5cnn(CC6CC(F)(F)C6)c5)nc4c3C3=CCNC3)cc2[nH]1. The number of halogens is 2. The molecule has 0 bridgehead atoms. The van der Waals surface area contributed by atoms with Crippen molar-refractivity contribution >= 4 is 27.6 Å². The van der Waals surface area contributed by atoms with Crippen molar-refractivity contribution in [3.8, 4) is 22.8 Å². The molecule has 8 nitrogen and oxygen atoms in total. The van der Waals surface area contributed by atoms with Crippen molar-refractivity contribution in [1.29, 1.82) is 0 Å². The highest BCUT2D eigenvalue weighted by atomic mass is 19.3. The van der Waals surface area contributed by atoms with Crippen molar-refractivity contribution in [2.24, 2.45) is 5.92 Å². The van der Waals surface area contributed by atoms with Gasteiger partial charge in [0.15, 0.2) is 0 Å². The summed E-state index contributed by atoms with van der Waals surface area (Å²) in [6.07, 6.45) is 7.26. The van der Waals surface area contributed by atoms with Crippen molar-refractivity contribution in [2.75, 3.05) is 13.1 Å². The lowest BCUT2D eigenvalue weighted by Crippen LogP contribution is -2.37. The number of ether oxygens (including phenoxy) is 1. The van der Waals surface area contributed by atoms with Gasteiger partial charge in [-0.25, -0.2) is 18.7 Å². The Bertz CT molecular complexity index is 1710. The molecule has 5 aromatic rings. The molecule has 38 heavy (non-hydrogen) atoms. The van der Waals surface area contributed by atoms with Crippen LogP contribution in [0.2, 0.25) is 0 Å². The number of imidazole rings is 1. The molecule has 2 aliphatic rings. The summed E-state index contributed by atoms with van der Waals surface area (Å²) < 4.78 is 34.6. The molecule has 2 N–H and O–H groups in total. The summed E-state index contributed by atoms with van der Waals surface area (Å²) in [5, 5.41) is 7.75. The van der Waals surface area contributed by atoms with Gasteiger partial charge in [0.25, 0.3) is 0 Å². The molecule has 10 heteroatoms. The largest absolute Gasteiger partial charge is 0.457 e. The van der Waals surface area contributed by atoms with E-state index in [4.69, 9.17) is 9.72 Å². The molecule has 1 fully saturated rings. The topological polar surface area (TPSA) is 93.5 Å². The van der Waals surface area contributed by atoms with E-state index in [0.29, 0.717) is 30.3 Å². The standard InChI is InChI=1S/C28H25F2N7O/c1-16-34-21-3-2-20(8-23(21)35-16)38-25-5-4-22-27(26(25)18-6-7-31-11-18)36-24(13-32-22)19-12-33-37(15-19)14-17-9-28(29,30)10-17/h2-6,8,12-13,15,17,31H,7,9-11,14H2,1H3,(H,34,35). The van der Waals surface area contributed by atoms with Crippen LogP contribution in [0, 0.1) is 12.8 Å². The summed E-state index contributed by atoms with van der Waals surface area (Å²) in [6.45, 7) is 3.86. The first-order valence-corrected chi connectivity index (χ1v) is 12.6. The van der Waals surface area contributed by atoms with Crippen molar-refractivity contribution in [3.05, 3.63) is 66.4 Å². The highest BCUT2D eigenvalue weighted by Gasteiger charge is 2.45. The van der Waals surface area contributed by atoms with Crippen LogP contribution >= 0.6 is 0 Å². The number of fused-ring (bicyclic) bond motifs is 2. The number of aromatic nitrogens is 6. The van der Waals surface area contributed by atoms with Gasteiger partial charge >= 0.3 is 0 Å². The normalized spacial score (nSPS) is 17.2. The second-order valence-electron chi connectivity index (χ2n) is 10.1. The first kappa shape index (κ1) is 23.0. The van der Waals surface area contributed by atoms with E-state index < -0.39 is 5.92 Å². The average Bonchev–Trinajstić information content (AvgIpc) is 3.63. The van der Waals surface area contributed by atoms with Gasteiger partial charge < -0.3 is 15.0 Å². The van der Waals surface area contributed by atoms with Crippen molar-refractivity contribution in [1.82, 2.24) is 35.0 Å². The predicted molar refractivity (Wildman–Crippen MR) is 140 cm³/mol. The van der Waals surface area contributed by atoms with Crippen molar-refractivity contribution < 1.29 is 13.5 Å². The number of hydrogen-bond acceptors (Lipinski definition) is 6. The van der Waals surface area contributed by atoms with Gasteiger partial charge in [0.2, 0.25) is 5.92 Å². The van der Waals surface area contributed by atoms with Gasteiger partial charge in [0.1, 0.15) is 22.8 Å². The average molecular weight is 514 g/mol. The van der Waals surface area contributed by atoms with Crippen molar-refractivity contribution in [2.45, 2.75) is 32.2 Å². The summed E-state index contributed by atoms with van der Waals surface area (Å²) in [5.41, 5.74) is 6.74. The third-order valence-electron chi connectivity index (χ3n) is 7.15. The Balaban J connectivity index is 1.25. The number of nitrogens with one attached hydrogen (secondary N) is 2. The van der Waals surface area contributed by atoms with Crippen LogP contribution in [-0.2, 0) is 6.54 Å². The predicted octanol–water partition coefficient (Wildman–Crippen LogP) is 5.50. The molecule has 0 spiro atoms. The second kappa shape index (κ2) is 8.70. The molecule has 4 heterocycles.